The van der Waals surface area contributed by atoms with Crippen LogP contribution in [0.25, 0.3) is 5.52 Å². The van der Waals surface area contributed by atoms with Crippen LogP contribution in [0.1, 0.15) is 37.4 Å². The molecule has 2 aromatic heterocycles. The molecule has 0 aliphatic heterocycles. The molecule has 2 aliphatic carbocycles. The Kier molecular flexibility index (Phi) is 1.67. The molecule has 17 heavy (non-hydrogen) atoms. The second-order valence-corrected chi connectivity index (χ2v) is 6.33. The fourth-order valence-corrected chi connectivity index (χ4v) is 3.90. The summed E-state index contributed by atoms with van der Waals surface area (Å²) in [5.41, 5.74) is 4.44. The maximum atomic E-state index is 4.30. The van der Waals surface area contributed by atoms with Crippen LogP contribution in [0.2, 0.25) is 0 Å². The van der Waals surface area contributed by atoms with Gasteiger partial charge in [-0.3, -0.25) is 0 Å². The predicted molar refractivity (Wildman–Crippen MR) is 68.1 cm³/mol. The zero-order chi connectivity index (χ0) is 11.6. The van der Waals surface area contributed by atoms with Gasteiger partial charge in [-0.05, 0) is 55.7 Å². The number of rotatable bonds is 1. The average Bonchev–Trinajstić information content (AvgIpc) is 2.75. The zero-order valence-electron chi connectivity index (χ0n) is 10.5. The van der Waals surface area contributed by atoms with Crippen LogP contribution in [-0.2, 0) is 5.41 Å². The maximum absolute atomic E-state index is 4.30. The predicted octanol–water partition coefficient (Wildman–Crippen LogP) is 3.33. The van der Waals surface area contributed by atoms with Gasteiger partial charge in [0.05, 0.1) is 18.0 Å². The first kappa shape index (κ1) is 9.69. The summed E-state index contributed by atoms with van der Waals surface area (Å²) in [6.45, 7) is 4.63. The van der Waals surface area contributed by atoms with Crippen LogP contribution >= 0.6 is 0 Å². The Hall–Kier alpha value is -1.31. The summed E-state index contributed by atoms with van der Waals surface area (Å²) in [6.07, 6.45) is 8.16. The monoisotopic (exact) mass is 226 g/mol. The first-order chi connectivity index (χ1) is 8.16. The van der Waals surface area contributed by atoms with E-state index in [1.807, 2.05) is 12.5 Å². The summed E-state index contributed by atoms with van der Waals surface area (Å²) in [7, 11) is 0. The Labute approximate surface area is 102 Å². The molecule has 2 saturated carbocycles. The molecule has 88 valence electrons. The van der Waals surface area contributed by atoms with Crippen molar-refractivity contribution in [3.8, 4) is 0 Å². The van der Waals surface area contributed by atoms with Crippen molar-refractivity contribution in [3.05, 3.63) is 35.9 Å². The minimum absolute atomic E-state index is 0.374. The van der Waals surface area contributed by atoms with Crippen molar-refractivity contribution < 1.29 is 0 Å². The third kappa shape index (κ3) is 1.30. The SMILES string of the molecule is Cc1cc(C2(C)CC3CC3C2)n2cncc2c1. The number of pyridine rings is 1. The number of aromatic nitrogens is 2. The second kappa shape index (κ2) is 2.92. The number of nitrogens with zero attached hydrogens (tertiary/aromatic N) is 2. The van der Waals surface area contributed by atoms with Gasteiger partial charge in [-0.2, -0.15) is 0 Å². The summed E-state index contributed by atoms with van der Waals surface area (Å²) < 4.78 is 2.29. The van der Waals surface area contributed by atoms with Crippen LogP contribution in [-0.4, -0.2) is 9.38 Å². The van der Waals surface area contributed by atoms with E-state index in [4.69, 9.17) is 0 Å². The van der Waals surface area contributed by atoms with Crippen molar-refractivity contribution in [3.63, 3.8) is 0 Å². The van der Waals surface area contributed by atoms with E-state index in [-0.39, 0.29) is 0 Å². The number of fused-ring (bicyclic) bond motifs is 2. The average molecular weight is 226 g/mol. The van der Waals surface area contributed by atoms with Crippen LogP contribution in [0.5, 0.6) is 0 Å². The minimum atomic E-state index is 0.374. The van der Waals surface area contributed by atoms with Crippen molar-refractivity contribution in [2.45, 2.75) is 38.5 Å². The Balaban J connectivity index is 1.92. The van der Waals surface area contributed by atoms with E-state index in [0.717, 1.165) is 11.8 Å². The second-order valence-electron chi connectivity index (χ2n) is 6.33. The molecule has 4 rings (SSSR count). The van der Waals surface area contributed by atoms with E-state index in [1.165, 1.54) is 36.0 Å². The van der Waals surface area contributed by atoms with Gasteiger partial charge in [0.25, 0.3) is 0 Å². The van der Waals surface area contributed by atoms with Gasteiger partial charge in [0.15, 0.2) is 0 Å². The van der Waals surface area contributed by atoms with Gasteiger partial charge in [0, 0.05) is 11.1 Å². The maximum Gasteiger partial charge on any atom is 0.0994 e. The van der Waals surface area contributed by atoms with Crippen LogP contribution in [0.3, 0.4) is 0 Å². The third-order valence-corrected chi connectivity index (χ3v) is 4.78. The van der Waals surface area contributed by atoms with E-state index >= 15 is 0 Å². The molecular weight excluding hydrogens is 208 g/mol. The van der Waals surface area contributed by atoms with E-state index in [1.54, 1.807) is 0 Å². The summed E-state index contributed by atoms with van der Waals surface area (Å²) in [4.78, 5) is 4.30. The molecule has 2 fully saturated rings. The Morgan fingerprint density at radius 3 is 2.82 bits per heavy atom. The summed E-state index contributed by atoms with van der Waals surface area (Å²) >= 11 is 0. The molecule has 2 heterocycles. The lowest BCUT2D eigenvalue weighted by molar-refractivity contribution is 0.419. The fourth-order valence-electron chi connectivity index (χ4n) is 3.90. The number of hydrogen-bond donors (Lipinski definition) is 0. The van der Waals surface area contributed by atoms with Crippen molar-refractivity contribution in [1.82, 2.24) is 9.38 Å². The van der Waals surface area contributed by atoms with Crippen LogP contribution < -0.4 is 0 Å². The molecule has 2 atom stereocenters. The molecule has 2 aromatic rings. The number of hydrogen-bond acceptors (Lipinski definition) is 1. The summed E-state index contributed by atoms with van der Waals surface area (Å²) in [5, 5.41) is 0. The van der Waals surface area contributed by atoms with E-state index < -0.39 is 0 Å². The Morgan fingerprint density at radius 1 is 1.29 bits per heavy atom. The zero-order valence-corrected chi connectivity index (χ0v) is 10.5. The van der Waals surface area contributed by atoms with Gasteiger partial charge in [0.2, 0.25) is 0 Å². The Morgan fingerprint density at radius 2 is 2.06 bits per heavy atom. The molecule has 0 bridgehead atoms. The first-order valence-electron chi connectivity index (χ1n) is 6.59. The number of aryl methyl sites for hydroxylation is 1. The largest absolute Gasteiger partial charge is 0.303 e. The van der Waals surface area contributed by atoms with Crippen LogP contribution in [0.4, 0.5) is 0 Å². The summed E-state index contributed by atoms with van der Waals surface area (Å²) in [5.74, 6) is 2.03. The molecule has 0 amide bonds. The molecule has 2 nitrogen and oxygen atoms in total. The molecule has 2 heteroatoms. The lowest BCUT2D eigenvalue weighted by atomic mass is 9.81. The standard InChI is InChI=1S/C15H18N2/c1-10-3-13-8-16-9-17(13)14(4-10)15(2)6-11-5-12(11)7-15/h3-4,8-9,11-12H,5-7H2,1-2H3. The summed E-state index contributed by atoms with van der Waals surface area (Å²) in [6, 6.07) is 4.58. The highest BCUT2D eigenvalue weighted by atomic mass is 15.0. The molecule has 0 saturated heterocycles. The van der Waals surface area contributed by atoms with Crippen molar-refractivity contribution in [1.29, 1.82) is 0 Å². The highest BCUT2D eigenvalue weighted by Crippen LogP contribution is 2.60. The minimum Gasteiger partial charge on any atom is -0.303 e. The van der Waals surface area contributed by atoms with E-state index in [9.17, 15) is 0 Å². The van der Waals surface area contributed by atoms with Crippen molar-refractivity contribution in [2.75, 3.05) is 0 Å². The van der Waals surface area contributed by atoms with Gasteiger partial charge in [-0.15, -0.1) is 0 Å². The van der Waals surface area contributed by atoms with Gasteiger partial charge < -0.3 is 4.40 Å². The fraction of sp³-hybridized carbons (Fsp3) is 0.533. The van der Waals surface area contributed by atoms with Gasteiger partial charge >= 0.3 is 0 Å². The molecule has 0 spiro atoms. The molecule has 0 aromatic carbocycles. The van der Waals surface area contributed by atoms with Crippen LogP contribution in [0.15, 0.2) is 24.7 Å². The van der Waals surface area contributed by atoms with E-state index in [0.29, 0.717) is 5.41 Å². The molecular formula is C15H18N2. The van der Waals surface area contributed by atoms with E-state index in [2.05, 4.69) is 35.4 Å². The van der Waals surface area contributed by atoms with Gasteiger partial charge in [-0.1, -0.05) is 6.92 Å². The molecule has 0 N–H and O–H groups in total. The molecule has 2 aliphatic rings. The first-order valence-corrected chi connectivity index (χ1v) is 6.59. The topological polar surface area (TPSA) is 17.3 Å². The lowest BCUT2D eigenvalue weighted by Crippen LogP contribution is -2.23. The lowest BCUT2D eigenvalue weighted by Gasteiger charge is -2.28. The van der Waals surface area contributed by atoms with Crippen LogP contribution in [0, 0.1) is 18.8 Å². The smallest absolute Gasteiger partial charge is 0.0994 e. The van der Waals surface area contributed by atoms with Gasteiger partial charge in [-0.25, -0.2) is 4.98 Å². The third-order valence-electron chi connectivity index (χ3n) is 4.78. The normalized spacial score (nSPS) is 35.2. The highest BCUT2D eigenvalue weighted by molar-refractivity contribution is 5.50. The van der Waals surface area contributed by atoms with Crippen molar-refractivity contribution in [2.24, 2.45) is 11.8 Å². The molecule has 0 radical (unpaired) electrons. The Bertz CT molecular complexity index is 586. The van der Waals surface area contributed by atoms with Crippen molar-refractivity contribution >= 4 is 5.52 Å². The number of imidazole rings is 1. The van der Waals surface area contributed by atoms with Gasteiger partial charge in [0.1, 0.15) is 0 Å². The molecule has 2 unspecified atom stereocenters. The quantitative estimate of drug-likeness (QED) is 0.729. The highest BCUT2D eigenvalue weighted by Gasteiger charge is 2.52.